The topological polar surface area (TPSA) is 182 Å². The smallest absolute Gasteiger partial charge is 0.330 e. The van der Waals surface area contributed by atoms with E-state index in [9.17, 15) is 24.0 Å². The van der Waals surface area contributed by atoms with Crippen LogP contribution in [0.25, 0.3) is 6.08 Å². The zero-order valence-electron chi connectivity index (χ0n) is 34.9. The molecule has 0 spiro atoms. The lowest BCUT2D eigenvalue weighted by Crippen LogP contribution is -2.35. The fourth-order valence-electron chi connectivity index (χ4n) is 5.64. The van der Waals surface area contributed by atoms with Crippen LogP contribution in [-0.4, -0.2) is 94.2 Å². The van der Waals surface area contributed by atoms with E-state index in [0.29, 0.717) is 37.2 Å². The van der Waals surface area contributed by atoms with Gasteiger partial charge >= 0.3 is 14.2 Å². The van der Waals surface area contributed by atoms with Crippen molar-refractivity contribution in [1.82, 2.24) is 19.5 Å². The Morgan fingerprint density at radius 3 is 2.53 bits per heavy atom. The van der Waals surface area contributed by atoms with Gasteiger partial charge < -0.3 is 24.2 Å². The minimum atomic E-state index is -1.60. The summed E-state index contributed by atoms with van der Waals surface area (Å²) < 4.78 is 35.6. The summed E-state index contributed by atoms with van der Waals surface area (Å²) in [7, 11) is -0.311. The van der Waals surface area contributed by atoms with Crippen LogP contribution in [0.3, 0.4) is 0 Å². The molecule has 2 heterocycles. The van der Waals surface area contributed by atoms with Crippen molar-refractivity contribution in [1.29, 1.82) is 1.43 Å². The summed E-state index contributed by atoms with van der Waals surface area (Å²) in [5, 5.41) is 6.29. The number of thioether (sulfide) groups is 1. The molecule has 1 amide bonds. The van der Waals surface area contributed by atoms with Gasteiger partial charge in [-0.2, -0.15) is 0 Å². The van der Waals surface area contributed by atoms with Crippen molar-refractivity contribution in [2.75, 3.05) is 26.0 Å². The number of carbonyl (C=O) groups is 3. The second-order valence-electron chi connectivity index (χ2n) is 13.2. The number of unbranched alkanes of at least 4 members (excludes halogenated alkanes) is 4. The Morgan fingerprint density at radius 2 is 1.85 bits per heavy atom. The average Bonchev–Trinajstić information content (AvgIpc) is 3.58. The first-order chi connectivity index (χ1) is 27.4. The van der Waals surface area contributed by atoms with Crippen LogP contribution in [0.2, 0.25) is 0 Å². The van der Waals surface area contributed by atoms with Crippen LogP contribution in [0, 0.1) is 0 Å². The van der Waals surface area contributed by atoms with E-state index in [1.165, 1.54) is 48.2 Å². The molecule has 306 valence electrons. The summed E-state index contributed by atoms with van der Waals surface area (Å²) in [4.78, 5) is 68.8. The normalized spacial score (nSPS) is 18.0. The number of ether oxygens (including phenoxy) is 1. The summed E-state index contributed by atoms with van der Waals surface area (Å²) in [5.74, 6) is 0.275. The number of ketones is 1. The van der Waals surface area contributed by atoms with Crippen LogP contribution in [0.15, 0.2) is 57.2 Å². The van der Waals surface area contributed by atoms with E-state index in [2.05, 4.69) is 25.1 Å². The molecular formula is C39H60N5O9PS. The van der Waals surface area contributed by atoms with Gasteiger partial charge in [-0.15, -0.1) is 0 Å². The summed E-state index contributed by atoms with van der Waals surface area (Å²) in [5.41, 5.74) is -0.568. The fourth-order valence-corrected chi connectivity index (χ4v) is 8.08. The predicted molar refractivity (Wildman–Crippen MR) is 220 cm³/mol. The van der Waals surface area contributed by atoms with E-state index >= 15 is 0 Å². The number of H-pyrrole nitrogens is 1. The first-order valence-electron chi connectivity index (χ1n) is 19.9. The van der Waals surface area contributed by atoms with Gasteiger partial charge in [0.1, 0.15) is 12.0 Å². The quantitative estimate of drug-likeness (QED) is 0.0380. The van der Waals surface area contributed by atoms with E-state index in [4.69, 9.17) is 16.6 Å². The molecule has 16 heteroatoms. The highest BCUT2D eigenvalue weighted by molar-refractivity contribution is 8.14. The third-order valence-electron chi connectivity index (χ3n) is 8.32. The molecule has 1 unspecified atom stereocenters. The molecule has 2 aromatic rings. The number of aliphatic hydroxyl groups excluding tert-OH is 1. The van der Waals surface area contributed by atoms with Crippen LogP contribution >= 0.6 is 20.3 Å². The molecule has 0 bridgehead atoms. The lowest BCUT2D eigenvalue weighted by molar-refractivity contribution is -0.119. The number of benzene rings is 1. The maximum Gasteiger partial charge on any atom is 0.330 e. The highest BCUT2D eigenvalue weighted by Crippen LogP contribution is 2.49. The molecule has 0 radical (unpaired) electrons. The summed E-state index contributed by atoms with van der Waals surface area (Å²) in [6.45, 7) is 11.0. The van der Waals surface area contributed by atoms with E-state index < -0.39 is 38.2 Å². The Labute approximate surface area is 333 Å². The molecule has 1 aliphatic heterocycles. The van der Waals surface area contributed by atoms with Crippen LogP contribution in [0.5, 0.6) is 0 Å². The molecule has 55 heavy (non-hydrogen) atoms. The molecule has 1 aliphatic rings. The zero-order chi connectivity index (χ0) is 42.2. The number of aliphatic hydroxyl groups is 1. The fraction of sp³-hybridized carbons (Fsp3) is 0.590. The molecular weight excluding hydrogens is 745 g/mol. The van der Waals surface area contributed by atoms with Crippen molar-refractivity contribution in [3.63, 3.8) is 0 Å². The Hall–Kier alpha value is -3.46. The van der Waals surface area contributed by atoms with Crippen LogP contribution < -0.4 is 16.6 Å². The summed E-state index contributed by atoms with van der Waals surface area (Å²) >= 11 is 1.18. The van der Waals surface area contributed by atoms with E-state index in [1.807, 2.05) is 52.8 Å². The Kier molecular flexibility index (Phi) is 21.2. The van der Waals surface area contributed by atoms with Gasteiger partial charge in [0.25, 0.3) is 5.56 Å². The molecule has 3 rings (SSSR count). The largest absolute Gasteiger partial charge is 0.425 e. The van der Waals surface area contributed by atoms with Crippen molar-refractivity contribution in [3.05, 3.63) is 74.6 Å². The van der Waals surface area contributed by atoms with Crippen LogP contribution in [0.1, 0.15) is 116 Å². The number of hydrogen-bond acceptors (Lipinski definition) is 12. The van der Waals surface area contributed by atoms with Gasteiger partial charge in [0.05, 0.1) is 17.8 Å². The maximum absolute atomic E-state index is 12.9. The number of hydrogen-bond donors (Lipinski definition) is 3. The van der Waals surface area contributed by atoms with Crippen LogP contribution in [0.4, 0.5) is 0 Å². The van der Waals surface area contributed by atoms with E-state index in [0.717, 1.165) is 32.1 Å². The minimum absolute atomic E-state index is 0.0186. The van der Waals surface area contributed by atoms with Gasteiger partial charge in [-0.05, 0) is 60.4 Å². The number of aliphatic imine (C=N–C) groups is 1. The molecule has 1 fully saturated rings. The second-order valence-corrected chi connectivity index (χ2v) is 15.6. The van der Waals surface area contributed by atoms with Crippen molar-refractivity contribution in [2.45, 2.75) is 123 Å². The average molecular weight is 809 g/mol. The molecule has 1 aromatic carbocycles. The molecule has 1 aromatic heterocycles. The first kappa shape index (κ1) is 44.3. The number of amides is 1. The standard InChI is InChI=1S/C38H56N5O8PS.CH4O/c1-7-39-26-49-52(43(27(2)3)28(4)5)51-33-24-35(50-29(33)6)42-25-31(36(46)41-38(42)48)19-20-34(45)40-22-15-10-8-9-14-18-32(44)21-23-53-37(47)30-16-12-11-13-17-30;1-2/h11-13,16-17,19-20,25-29,33,35H,7-10,14-15,18,21-24H2,1-6H3,(H,40,45)(H,41,46,48);2H,1H3/b20-19+,39-26?;/t29-,33-,35-,52?;/m1./s1/i6D;2T. The molecule has 4 atom stereocenters. The number of rotatable bonds is 23. The lowest BCUT2D eigenvalue weighted by atomic mass is 10.1. The predicted octanol–water partition coefficient (Wildman–Crippen LogP) is 6.25. The lowest BCUT2D eigenvalue weighted by Gasteiger charge is -2.36. The Balaban J connectivity index is 0.00000362. The van der Waals surface area contributed by atoms with E-state index in [1.54, 1.807) is 12.1 Å². The highest BCUT2D eigenvalue weighted by Gasteiger charge is 2.40. The molecule has 0 saturated carbocycles. The number of aromatic nitrogens is 2. The van der Waals surface area contributed by atoms with Crippen LogP contribution in [-0.2, 0) is 23.4 Å². The van der Waals surface area contributed by atoms with E-state index in [-0.39, 0.29) is 47.8 Å². The van der Waals surface area contributed by atoms with Crippen molar-refractivity contribution in [3.8, 4) is 0 Å². The number of nitrogens with zero attached hydrogens (tertiary/aromatic N) is 3. The highest BCUT2D eigenvalue weighted by atomic mass is 32.2. The minimum Gasteiger partial charge on any atom is -0.425 e. The van der Waals surface area contributed by atoms with Crippen molar-refractivity contribution >= 4 is 49.6 Å². The second kappa shape index (κ2) is 26.4. The molecule has 1 saturated heterocycles. The van der Waals surface area contributed by atoms with Gasteiger partial charge in [0, 0.05) is 76.5 Å². The van der Waals surface area contributed by atoms with Gasteiger partial charge in [-0.3, -0.25) is 33.7 Å². The summed E-state index contributed by atoms with van der Waals surface area (Å²) in [6.07, 6.45) is 8.75. The molecule has 0 aliphatic carbocycles. The zero-order valence-corrected chi connectivity index (χ0v) is 34.7. The Bertz CT molecular complexity index is 1670. The monoisotopic (exact) mass is 808 g/mol. The van der Waals surface area contributed by atoms with Gasteiger partial charge in [-0.1, -0.05) is 61.4 Å². The molecule has 14 nitrogen and oxygen atoms in total. The first-order valence-corrected chi connectivity index (χ1v) is 20.9. The Morgan fingerprint density at radius 1 is 1.16 bits per heavy atom. The summed E-state index contributed by atoms with van der Waals surface area (Å²) in [6, 6.07) is 9.24. The molecule has 3 N–H and O–H groups in total. The third-order valence-corrected chi connectivity index (χ3v) is 11.3. The van der Waals surface area contributed by atoms with Gasteiger partial charge in [-0.25, -0.2) is 9.46 Å². The van der Waals surface area contributed by atoms with Crippen molar-refractivity contribution in [2.24, 2.45) is 4.99 Å². The maximum atomic E-state index is 12.9. The van der Waals surface area contributed by atoms with Crippen molar-refractivity contribution < 1.29 is 34.6 Å². The third kappa shape index (κ3) is 17.1. The number of carbonyl (C=O) groups excluding carboxylic acids is 3. The SMILES string of the molecule is [2H]C[C@H]1O[C@@H](n2cc(/C=C/C(=O)NCCCCCCCC(=O)CCSC(=O)c3ccccc3)c(=O)[nH]c2=O)C[C@H]1OP(OC=NCC)N(C(C)C)C(C)C.[3H]OC. The number of nitrogens with one attached hydrogen (secondary N) is 2. The number of Topliss-reactive ketones (excluding diaryl/α,β-unsaturated/α-hetero) is 1. The number of aromatic amines is 1. The van der Waals surface area contributed by atoms with Gasteiger partial charge in [0.2, 0.25) is 12.5 Å². The van der Waals surface area contributed by atoms with Gasteiger partial charge in [0.15, 0.2) is 6.40 Å².